The molecular weight excluding hydrogens is 316 g/mol. The number of hydrogen-bond acceptors (Lipinski definition) is 5. The van der Waals surface area contributed by atoms with Crippen LogP contribution in [-0.2, 0) is 16.0 Å². The van der Waals surface area contributed by atoms with E-state index in [-0.39, 0.29) is 10.6 Å². The molecule has 0 aromatic heterocycles. The number of benzene rings is 1. The third-order valence-electron chi connectivity index (χ3n) is 2.41. The lowest BCUT2D eigenvalue weighted by Crippen LogP contribution is -2.20. The van der Waals surface area contributed by atoms with Crippen molar-refractivity contribution in [2.45, 2.75) is 6.54 Å². The summed E-state index contributed by atoms with van der Waals surface area (Å²) in [7, 11) is 1.62. The van der Waals surface area contributed by atoms with Gasteiger partial charge in [0.05, 0.1) is 24.7 Å². The van der Waals surface area contributed by atoms with E-state index in [2.05, 4.69) is 21.2 Å². The molecule has 19 heavy (non-hydrogen) atoms. The fraction of sp³-hybridized carbons (Fsp3) is 0.500. The average Bonchev–Trinajstić information content (AvgIpc) is 2.39. The third-order valence-corrected chi connectivity index (χ3v) is 2.91. The van der Waals surface area contributed by atoms with E-state index in [0.29, 0.717) is 42.9 Å². The summed E-state index contributed by atoms with van der Waals surface area (Å²) in [5.74, 6) is 0. The predicted molar refractivity (Wildman–Crippen MR) is 75.2 cm³/mol. The van der Waals surface area contributed by atoms with E-state index in [4.69, 9.17) is 9.47 Å². The molecular formula is C12H17BrN2O4. The van der Waals surface area contributed by atoms with Gasteiger partial charge in [0.1, 0.15) is 0 Å². The lowest BCUT2D eigenvalue weighted by molar-refractivity contribution is -0.385. The van der Waals surface area contributed by atoms with Crippen LogP contribution in [0.1, 0.15) is 5.56 Å². The highest BCUT2D eigenvalue weighted by atomic mass is 79.9. The molecule has 0 atom stereocenters. The Labute approximate surface area is 120 Å². The Hall–Kier alpha value is -1.02. The number of nitrogens with zero attached hydrogens (tertiary/aromatic N) is 1. The Morgan fingerprint density at radius 1 is 1.37 bits per heavy atom. The summed E-state index contributed by atoms with van der Waals surface area (Å²) in [5, 5.41) is 14.0. The standard InChI is InChI=1S/C12H17BrN2O4/c1-18-6-7-19-5-4-14-9-10-2-3-11(13)8-12(10)15(16)17/h2-3,8,14H,4-7,9H2,1H3. The van der Waals surface area contributed by atoms with Crippen molar-refractivity contribution in [1.29, 1.82) is 0 Å². The second-order valence-corrected chi connectivity index (χ2v) is 4.73. The Morgan fingerprint density at radius 3 is 2.84 bits per heavy atom. The van der Waals surface area contributed by atoms with Crippen molar-refractivity contribution >= 4 is 21.6 Å². The van der Waals surface area contributed by atoms with E-state index in [1.54, 1.807) is 19.2 Å². The van der Waals surface area contributed by atoms with Gasteiger partial charge in [0.15, 0.2) is 0 Å². The van der Waals surface area contributed by atoms with Crippen LogP contribution in [0.5, 0.6) is 0 Å². The molecule has 0 bridgehead atoms. The Kier molecular flexibility index (Phi) is 7.57. The lowest BCUT2D eigenvalue weighted by Gasteiger charge is -2.07. The van der Waals surface area contributed by atoms with Crippen molar-refractivity contribution in [1.82, 2.24) is 5.32 Å². The SMILES string of the molecule is COCCOCCNCc1ccc(Br)cc1[N+](=O)[O-]. The molecule has 1 aromatic carbocycles. The molecule has 0 saturated heterocycles. The molecule has 0 aliphatic rings. The molecule has 1 rings (SSSR count). The Bertz CT molecular complexity index is 415. The normalized spacial score (nSPS) is 10.6. The first-order chi connectivity index (χ1) is 9.15. The molecule has 0 unspecified atom stereocenters. The van der Waals surface area contributed by atoms with Crippen molar-refractivity contribution in [2.75, 3.05) is 33.5 Å². The van der Waals surface area contributed by atoms with Crippen molar-refractivity contribution in [3.63, 3.8) is 0 Å². The number of hydrogen-bond donors (Lipinski definition) is 1. The summed E-state index contributed by atoms with van der Waals surface area (Å²) >= 11 is 3.22. The van der Waals surface area contributed by atoms with Crippen LogP contribution in [0, 0.1) is 10.1 Å². The molecule has 106 valence electrons. The minimum Gasteiger partial charge on any atom is -0.382 e. The van der Waals surface area contributed by atoms with Crippen molar-refractivity contribution in [3.05, 3.63) is 38.3 Å². The predicted octanol–water partition coefficient (Wildman–Crippen LogP) is 2.11. The topological polar surface area (TPSA) is 73.6 Å². The van der Waals surface area contributed by atoms with E-state index < -0.39 is 0 Å². The van der Waals surface area contributed by atoms with Crippen LogP contribution in [-0.4, -0.2) is 38.4 Å². The fourth-order valence-electron chi connectivity index (χ4n) is 1.47. The lowest BCUT2D eigenvalue weighted by atomic mass is 10.2. The van der Waals surface area contributed by atoms with Gasteiger partial charge in [-0.2, -0.15) is 0 Å². The zero-order chi connectivity index (χ0) is 14.1. The number of nitrogens with one attached hydrogen (secondary N) is 1. The maximum Gasteiger partial charge on any atom is 0.275 e. The van der Waals surface area contributed by atoms with Crippen LogP contribution in [0.2, 0.25) is 0 Å². The number of nitro groups is 1. The first kappa shape index (κ1) is 16.0. The summed E-state index contributed by atoms with van der Waals surface area (Å²) in [5.41, 5.74) is 0.771. The summed E-state index contributed by atoms with van der Waals surface area (Å²) < 4.78 is 10.8. The zero-order valence-corrected chi connectivity index (χ0v) is 12.3. The van der Waals surface area contributed by atoms with Crippen LogP contribution in [0.3, 0.4) is 0 Å². The van der Waals surface area contributed by atoms with Crippen molar-refractivity contribution < 1.29 is 14.4 Å². The fourth-order valence-corrected chi connectivity index (χ4v) is 1.82. The van der Waals surface area contributed by atoms with Crippen LogP contribution in [0.4, 0.5) is 5.69 Å². The first-order valence-electron chi connectivity index (χ1n) is 5.85. The number of rotatable bonds is 9. The number of ether oxygens (including phenoxy) is 2. The monoisotopic (exact) mass is 332 g/mol. The number of methoxy groups -OCH3 is 1. The molecule has 0 amide bonds. The number of nitro benzene ring substituents is 1. The van der Waals surface area contributed by atoms with Gasteiger partial charge in [-0.05, 0) is 12.1 Å². The highest BCUT2D eigenvalue weighted by molar-refractivity contribution is 9.10. The van der Waals surface area contributed by atoms with Gasteiger partial charge in [-0.3, -0.25) is 10.1 Å². The summed E-state index contributed by atoms with van der Waals surface area (Å²) in [6, 6.07) is 5.03. The molecule has 6 nitrogen and oxygen atoms in total. The molecule has 0 fully saturated rings. The van der Waals surface area contributed by atoms with Crippen LogP contribution in [0.15, 0.2) is 22.7 Å². The van der Waals surface area contributed by atoms with Gasteiger partial charge in [0.2, 0.25) is 0 Å². The van der Waals surface area contributed by atoms with Crippen molar-refractivity contribution in [2.24, 2.45) is 0 Å². The van der Waals surface area contributed by atoms with Gasteiger partial charge >= 0.3 is 0 Å². The van der Waals surface area contributed by atoms with Gasteiger partial charge in [-0.1, -0.05) is 15.9 Å². The molecule has 7 heteroatoms. The van der Waals surface area contributed by atoms with Crippen LogP contribution >= 0.6 is 15.9 Å². The Balaban J connectivity index is 2.35. The third kappa shape index (κ3) is 6.11. The number of halogens is 1. The molecule has 1 N–H and O–H groups in total. The Morgan fingerprint density at radius 2 is 2.16 bits per heavy atom. The second-order valence-electron chi connectivity index (χ2n) is 3.81. The average molecular weight is 333 g/mol. The van der Waals surface area contributed by atoms with Gasteiger partial charge in [0, 0.05) is 36.3 Å². The van der Waals surface area contributed by atoms with E-state index >= 15 is 0 Å². The van der Waals surface area contributed by atoms with Gasteiger partial charge in [0.25, 0.3) is 5.69 Å². The van der Waals surface area contributed by atoms with E-state index in [1.165, 1.54) is 6.07 Å². The van der Waals surface area contributed by atoms with Gasteiger partial charge in [-0.25, -0.2) is 0 Å². The molecule has 0 saturated carbocycles. The molecule has 0 aliphatic carbocycles. The van der Waals surface area contributed by atoms with Crippen LogP contribution in [0.25, 0.3) is 0 Å². The van der Waals surface area contributed by atoms with E-state index in [9.17, 15) is 10.1 Å². The van der Waals surface area contributed by atoms with Gasteiger partial charge < -0.3 is 14.8 Å². The minimum atomic E-state index is -0.378. The first-order valence-corrected chi connectivity index (χ1v) is 6.64. The second kappa shape index (κ2) is 8.98. The summed E-state index contributed by atoms with van der Waals surface area (Å²) in [6.45, 7) is 2.75. The van der Waals surface area contributed by atoms with E-state index in [1.807, 2.05) is 0 Å². The quantitative estimate of drug-likeness (QED) is 0.426. The molecule has 0 radical (unpaired) electrons. The van der Waals surface area contributed by atoms with Gasteiger partial charge in [-0.15, -0.1) is 0 Å². The summed E-state index contributed by atoms with van der Waals surface area (Å²) in [6.07, 6.45) is 0. The molecule has 1 aromatic rings. The maximum absolute atomic E-state index is 10.9. The highest BCUT2D eigenvalue weighted by Gasteiger charge is 2.13. The molecule has 0 spiro atoms. The largest absolute Gasteiger partial charge is 0.382 e. The van der Waals surface area contributed by atoms with Crippen molar-refractivity contribution in [3.8, 4) is 0 Å². The van der Waals surface area contributed by atoms with E-state index in [0.717, 1.165) is 0 Å². The maximum atomic E-state index is 10.9. The minimum absolute atomic E-state index is 0.113. The zero-order valence-electron chi connectivity index (χ0n) is 10.7. The smallest absolute Gasteiger partial charge is 0.275 e. The highest BCUT2D eigenvalue weighted by Crippen LogP contribution is 2.23. The summed E-state index contributed by atoms with van der Waals surface area (Å²) in [4.78, 5) is 10.5. The molecule has 0 aliphatic heterocycles. The molecule has 0 heterocycles. The van der Waals surface area contributed by atoms with Crippen LogP contribution < -0.4 is 5.32 Å².